The van der Waals surface area contributed by atoms with Gasteiger partial charge in [0.2, 0.25) is 11.8 Å². The summed E-state index contributed by atoms with van der Waals surface area (Å²) < 4.78 is 5.13. The van der Waals surface area contributed by atoms with Crippen molar-refractivity contribution in [3.8, 4) is 11.8 Å². The van der Waals surface area contributed by atoms with Crippen LogP contribution in [-0.2, 0) is 16.1 Å². The first-order valence-corrected chi connectivity index (χ1v) is 6.28. The maximum Gasteiger partial charge on any atom is 0.243 e. The Morgan fingerprint density at radius 1 is 1.50 bits per heavy atom. The standard InChI is InChI=1S/C14H15N3O3/c1-20-12-6-9(2-3-10(12)7-15)8-16-11-4-5-13(18)17-14(11)19/h2-3,6,11,16H,4-5,8H2,1H3,(H,17,18,19). The monoisotopic (exact) mass is 273 g/mol. The van der Waals surface area contributed by atoms with Gasteiger partial charge in [-0.25, -0.2) is 0 Å². The molecule has 2 amide bonds. The van der Waals surface area contributed by atoms with E-state index in [2.05, 4.69) is 10.6 Å². The molecule has 0 aliphatic carbocycles. The van der Waals surface area contributed by atoms with Crippen LogP contribution in [0.4, 0.5) is 0 Å². The zero-order valence-corrected chi connectivity index (χ0v) is 11.1. The fourth-order valence-electron chi connectivity index (χ4n) is 2.07. The number of benzene rings is 1. The lowest BCUT2D eigenvalue weighted by Crippen LogP contribution is -2.50. The molecule has 1 aliphatic rings. The van der Waals surface area contributed by atoms with Crippen molar-refractivity contribution in [1.29, 1.82) is 5.26 Å². The number of nitrogens with zero attached hydrogens (tertiary/aromatic N) is 1. The molecule has 1 aromatic rings. The van der Waals surface area contributed by atoms with Crippen molar-refractivity contribution in [3.05, 3.63) is 29.3 Å². The van der Waals surface area contributed by atoms with E-state index in [9.17, 15) is 9.59 Å². The number of nitriles is 1. The van der Waals surface area contributed by atoms with Crippen molar-refractivity contribution in [3.63, 3.8) is 0 Å². The Hall–Kier alpha value is -2.39. The number of carbonyl (C=O) groups excluding carboxylic acids is 2. The Balaban J connectivity index is 1.99. The van der Waals surface area contributed by atoms with Crippen molar-refractivity contribution < 1.29 is 14.3 Å². The van der Waals surface area contributed by atoms with Gasteiger partial charge in [-0.15, -0.1) is 0 Å². The fourth-order valence-corrected chi connectivity index (χ4v) is 2.07. The van der Waals surface area contributed by atoms with E-state index < -0.39 is 0 Å². The number of imide groups is 1. The lowest BCUT2D eigenvalue weighted by Gasteiger charge is -2.22. The van der Waals surface area contributed by atoms with E-state index in [4.69, 9.17) is 10.00 Å². The van der Waals surface area contributed by atoms with Crippen LogP contribution in [0.5, 0.6) is 5.75 Å². The molecule has 6 nitrogen and oxygen atoms in total. The average molecular weight is 273 g/mol. The average Bonchev–Trinajstić information content (AvgIpc) is 2.46. The largest absolute Gasteiger partial charge is 0.495 e. The summed E-state index contributed by atoms with van der Waals surface area (Å²) in [5, 5.41) is 14.3. The van der Waals surface area contributed by atoms with Gasteiger partial charge in [0, 0.05) is 13.0 Å². The summed E-state index contributed by atoms with van der Waals surface area (Å²) in [6.07, 6.45) is 0.845. The summed E-state index contributed by atoms with van der Waals surface area (Å²) in [5.41, 5.74) is 1.38. The first-order valence-electron chi connectivity index (χ1n) is 6.28. The van der Waals surface area contributed by atoms with E-state index in [1.165, 1.54) is 7.11 Å². The van der Waals surface area contributed by atoms with Crippen molar-refractivity contribution in [2.24, 2.45) is 0 Å². The van der Waals surface area contributed by atoms with Gasteiger partial charge in [0.1, 0.15) is 11.8 Å². The number of rotatable bonds is 4. The van der Waals surface area contributed by atoms with Crippen LogP contribution in [0.1, 0.15) is 24.0 Å². The molecule has 20 heavy (non-hydrogen) atoms. The lowest BCUT2D eigenvalue weighted by molar-refractivity contribution is -0.134. The van der Waals surface area contributed by atoms with Crippen molar-refractivity contribution in [2.75, 3.05) is 7.11 Å². The molecule has 1 saturated heterocycles. The van der Waals surface area contributed by atoms with Crippen molar-refractivity contribution in [1.82, 2.24) is 10.6 Å². The minimum Gasteiger partial charge on any atom is -0.495 e. The predicted molar refractivity (Wildman–Crippen MR) is 70.7 cm³/mol. The minimum absolute atomic E-state index is 0.229. The second-order valence-electron chi connectivity index (χ2n) is 4.53. The van der Waals surface area contributed by atoms with Crippen LogP contribution >= 0.6 is 0 Å². The van der Waals surface area contributed by atoms with E-state index in [0.29, 0.717) is 30.7 Å². The van der Waals surface area contributed by atoms with Crippen LogP contribution < -0.4 is 15.4 Å². The van der Waals surface area contributed by atoms with Crippen molar-refractivity contribution in [2.45, 2.75) is 25.4 Å². The molecule has 0 saturated carbocycles. The van der Waals surface area contributed by atoms with E-state index in [1.54, 1.807) is 18.2 Å². The Labute approximate surface area is 116 Å². The van der Waals surface area contributed by atoms with Crippen LogP contribution in [0.3, 0.4) is 0 Å². The highest BCUT2D eigenvalue weighted by atomic mass is 16.5. The molecule has 1 fully saturated rings. The summed E-state index contributed by atoms with van der Waals surface area (Å²) in [7, 11) is 1.51. The number of hydrogen-bond acceptors (Lipinski definition) is 5. The quantitative estimate of drug-likeness (QED) is 0.778. The maximum atomic E-state index is 11.6. The zero-order valence-electron chi connectivity index (χ0n) is 11.1. The minimum atomic E-state index is -0.366. The first-order chi connectivity index (χ1) is 9.63. The van der Waals surface area contributed by atoms with Gasteiger partial charge in [0.15, 0.2) is 0 Å². The van der Waals surface area contributed by atoms with Crippen LogP contribution in [-0.4, -0.2) is 25.0 Å². The van der Waals surface area contributed by atoms with Gasteiger partial charge < -0.3 is 10.1 Å². The van der Waals surface area contributed by atoms with Crippen LogP contribution in [0.25, 0.3) is 0 Å². The summed E-state index contributed by atoms with van der Waals surface area (Å²) in [6, 6.07) is 6.93. The zero-order chi connectivity index (χ0) is 14.5. The highest BCUT2D eigenvalue weighted by molar-refractivity contribution is 6.00. The molecule has 2 N–H and O–H groups in total. The third kappa shape index (κ3) is 3.13. The Kier molecular flexibility index (Phi) is 4.33. The topological polar surface area (TPSA) is 91.2 Å². The Morgan fingerprint density at radius 2 is 2.30 bits per heavy atom. The molecule has 1 unspecified atom stereocenters. The number of amides is 2. The SMILES string of the molecule is COc1cc(CNC2CCC(=O)NC2=O)ccc1C#N. The Bertz CT molecular complexity index is 578. The van der Waals surface area contributed by atoms with Gasteiger partial charge in [0.05, 0.1) is 18.7 Å². The Morgan fingerprint density at radius 3 is 2.95 bits per heavy atom. The molecule has 0 aromatic heterocycles. The molecule has 0 radical (unpaired) electrons. The van der Waals surface area contributed by atoms with Crippen LogP contribution in [0.15, 0.2) is 18.2 Å². The summed E-state index contributed by atoms with van der Waals surface area (Å²) in [5.74, 6) is -0.00924. The van der Waals surface area contributed by atoms with E-state index in [-0.39, 0.29) is 17.9 Å². The van der Waals surface area contributed by atoms with Gasteiger partial charge in [0.25, 0.3) is 0 Å². The van der Waals surface area contributed by atoms with Crippen LogP contribution in [0, 0.1) is 11.3 Å². The van der Waals surface area contributed by atoms with E-state index in [1.807, 2.05) is 6.07 Å². The first kappa shape index (κ1) is 14.0. The molecule has 6 heteroatoms. The summed E-state index contributed by atoms with van der Waals surface area (Å²) in [6.45, 7) is 0.467. The molecule has 1 aromatic carbocycles. The lowest BCUT2D eigenvalue weighted by atomic mass is 10.1. The number of ether oxygens (including phenoxy) is 1. The third-order valence-electron chi connectivity index (χ3n) is 3.18. The molecule has 1 aliphatic heterocycles. The predicted octanol–water partition coefficient (Wildman–Crippen LogP) is 0.462. The molecular formula is C14H15N3O3. The van der Waals surface area contributed by atoms with Crippen molar-refractivity contribution >= 4 is 11.8 Å². The fraction of sp³-hybridized carbons (Fsp3) is 0.357. The third-order valence-corrected chi connectivity index (χ3v) is 3.18. The van der Waals surface area contributed by atoms with E-state index in [0.717, 1.165) is 5.56 Å². The molecule has 104 valence electrons. The number of methoxy groups -OCH3 is 1. The normalized spacial score (nSPS) is 18.3. The van der Waals surface area contributed by atoms with Crippen LogP contribution in [0.2, 0.25) is 0 Å². The molecular weight excluding hydrogens is 258 g/mol. The van der Waals surface area contributed by atoms with Gasteiger partial charge in [-0.2, -0.15) is 5.26 Å². The smallest absolute Gasteiger partial charge is 0.243 e. The summed E-state index contributed by atoms with van der Waals surface area (Å²) in [4.78, 5) is 22.6. The maximum absolute atomic E-state index is 11.6. The highest BCUT2D eigenvalue weighted by Gasteiger charge is 2.25. The number of piperidine rings is 1. The highest BCUT2D eigenvalue weighted by Crippen LogP contribution is 2.19. The van der Waals surface area contributed by atoms with Gasteiger partial charge in [-0.1, -0.05) is 6.07 Å². The number of hydrogen-bond donors (Lipinski definition) is 2. The molecule has 0 spiro atoms. The molecule has 2 rings (SSSR count). The number of carbonyl (C=O) groups is 2. The molecule has 1 atom stereocenters. The summed E-state index contributed by atoms with van der Waals surface area (Å²) >= 11 is 0. The molecule has 0 bridgehead atoms. The van der Waals surface area contributed by atoms with Gasteiger partial charge >= 0.3 is 0 Å². The van der Waals surface area contributed by atoms with Gasteiger partial charge in [-0.3, -0.25) is 14.9 Å². The second kappa shape index (κ2) is 6.17. The molecule has 1 heterocycles. The number of nitrogens with one attached hydrogen (secondary N) is 2. The van der Waals surface area contributed by atoms with Gasteiger partial charge in [-0.05, 0) is 24.1 Å². The second-order valence-corrected chi connectivity index (χ2v) is 4.53. The van der Waals surface area contributed by atoms with E-state index >= 15 is 0 Å².